The van der Waals surface area contributed by atoms with E-state index in [9.17, 15) is 4.79 Å². The van der Waals surface area contributed by atoms with E-state index in [2.05, 4.69) is 6.92 Å². The molecule has 3 rings (SSSR count). The zero-order valence-electron chi connectivity index (χ0n) is 15.6. The highest BCUT2D eigenvalue weighted by atomic mass is 16.5. The molecule has 0 radical (unpaired) electrons. The van der Waals surface area contributed by atoms with Crippen molar-refractivity contribution in [3.63, 3.8) is 0 Å². The van der Waals surface area contributed by atoms with Crippen LogP contribution in [0.25, 0.3) is 0 Å². The van der Waals surface area contributed by atoms with Crippen molar-refractivity contribution in [2.24, 2.45) is 0 Å². The fourth-order valence-corrected chi connectivity index (χ4v) is 3.15. The monoisotopic (exact) mass is 355 g/mol. The molecule has 1 aliphatic heterocycles. The van der Waals surface area contributed by atoms with Crippen molar-refractivity contribution in [2.45, 2.75) is 26.3 Å². The third-order valence-electron chi connectivity index (χ3n) is 4.76. The maximum absolute atomic E-state index is 12.5. The number of hydrogen-bond acceptors (Lipinski definition) is 4. The molecule has 0 saturated carbocycles. The quantitative estimate of drug-likeness (QED) is 0.798. The number of fused-ring (bicyclic) bond motifs is 1. The summed E-state index contributed by atoms with van der Waals surface area (Å²) in [6.07, 6.45) is 1.78. The van der Waals surface area contributed by atoms with Gasteiger partial charge in [0.2, 0.25) is 0 Å². The number of aryl methyl sites for hydroxylation is 1. The Kier molecular flexibility index (Phi) is 5.66. The number of hydrogen-bond donors (Lipinski definition) is 0. The first-order valence-electron chi connectivity index (χ1n) is 8.88. The molecule has 5 heteroatoms. The minimum absolute atomic E-state index is 0.00926. The van der Waals surface area contributed by atoms with Gasteiger partial charge in [0.05, 0.1) is 14.2 Å². The number of amides is 1. The standard InChI is InChI=1S/C21H25NO4/c1-4-15-5-7-18(8-6-15)26-14-21(23)22-10-9-16-11-19(24-2)20(25-3)12-17(16)13-22/h5-8,11-12H,4,9-10,13-14H2,1-3H3. The molecule has 0 bridgehead atoms. The molecular weight excluding hydrogens is 330 g/mol. The molecule has 2 aromatic rings. The molecule has 5 nitrogen and oxygen atoms in total. The zero-order chi connectivity index (χ0) is 18.5. The van der Waals surface area contributed by atoms with Crippen LogP contribution in [-0.4, -0.2) is 38.2 Å². The maximum atomic E-state index is 12.5. The lowest BCUT2D eigenvalue weighted by Gasteiger charge is -2.29. The fourth-order valence-electron chi connectivity index (χ4n) is 3.15. The second kappa shape index (κ2) is 8.13. The van der Waals surface area contributed by atoms with Crippen molar-refractivity contribution >= 4 is 5.91 Å². The number of carbonyl (C=O) groups is 1. The van der Waals surface area contributed by atoms with E-state index in [1.165, 1.54) is 11.1 Å². The van der Waals surface area contributed by atoms with Gasteiger partial charge in [-0.1, -0.05) is 19.1 Å². The smallest absolute Gasteiger partial charge is 0.260 e. The summed E-state index contributed by atoms with van der Waals surface area (Å²) in [6, 6.07) is 11.8. The van der Waals surface area contributed by atoms with Gasteiger partial charge in [0.15, 0.2) is 18.1 Å². The third-order valence-corrected chi connectivity index (χ3v) is 4.76. The van der Waals surface area contributed by atoms with E-state index in [0.29, 0.717) is 18.8 Å². The van der Waals surface area contributed by atoms with Crippen molar-refractivity contribution < 1.29 is 19.0 Å². The van der Waals surface area contributed by atoms with E-state index in [1.807, 2.05) is 41.3 Å². The van der Waals surface area contributed by atoms with Crippen LogP contribution in [0.4, 0.5) is 0 Å². The summed E-state index contributed by atoms with van der Waals surface area (Å²) in [7, 11) is 3.25. The second-order valence-electron chi connectivity index (χ2n) is 6.33. The van der Waals surface area contributed by atoms with Gasteiger partial charge in [-0.3, -0.25) is 4.79 Å². The largest absolute Gasteiger partial charge is 0.493 e. The molecule has 0 aromatic heterocycles. The van der Waals surface area contributed by atoms with Crippen LogP contribution in [0.15, 0.2) is 36.4 Å². The number of ether oxygens (including phenoxy) is 3. The summed E-state index contributed by atoms with van der Waals surface area (Å²) in [6.45, 7) is 3.40. The predicted octanol–water partition coefficient (Wildman–Crippen LogP) is 3.23. The van der Waals surface area contributed by atoms with Crippen LogP contribution in [0.1, 0.15) is 23.6 Å². The summed E-state index contributed by atoms with van der Waals surface area (Å²) >= 11 is 0. The summed E-state index contributed by atoms with van der Waals surface area (Å²) < 4.78 is 16.4. The van der Waals surface area contributed by atoms with Crippen LogP contribution >= 0.6 is 0 Å². The zero-order valence-corrected chi connectivity index (χ0v) is 15.6. The van der Waals surface area contributed by atoms with Gasteiger partial charge in [-0.2, -0.15) is 0 Å². The summed E-state index contributed by atoms with van der Waals surface area (Å²) in [4.78, 5) is 14.4. The van der Waals surface area contributed by atoms with E-state index in [-0.39, 0.29) is 12.5 Å². The minimum atomic E-state index is -0.00926. The number of methoxy groups -OCH3 is 2. The van der Waals surface area contributed by atoms with E-state index in [0.717, 1.165) is 29.9 Å². The minimum Gasteiger partial charge on any atom is -0.493 e. The van der Waals surface area contributed by atoms with Crippen molar-refractivity contribution in [2.75, 3.05) is 27.4 Å². The average molecular weight is 355 g/mol. The normalized spacial score (nSPS) is 13.1. The first-order chi connectivity index (χ1) is 12.6. The Morgan fingerprint density at radius 1 is 1.04 bits per heavy atom. The average Bonchev–Trinajstić information content (AvgIpc) is 2.70. The number of rotatable bonds is 6. The van der Waals surface area contributed by atoms with Gasteiger partial charge in [-0.05, 0) is 53.8 Å². The van der Waals surface area contributed by atoms with Crippen LogP contribution in [0.3, 0.4) is 0 Å². The fraction of sp³-hybridized carbons (Fsp3) is 0.381. The van der Waals surface area contributed by atoms with Crippen molar-refractivity contribution in [1.82, 2.24) is 4.90 Å². The molecule has 0 spiro atoms. The SMILES string of the molecule is CCc1ccc(OCC(=O)N2CCc3cc(OC)c(OC)cc3C2)cc1. The van der Waals surface area contributed by atoms with Gasteiger partial charge in [-0.15, -0.1) is 0 Å². The Balaban J connectivity index is 1.63. The number of benzene rings is 2. The summed E-state index contributed by atoms with van der Waals surface area (Å²) in [5.41, 5.74) is 3.54. The molecule has 26 heavy (non-hydrogen) atoms. The van der Waals surface area contributed by atoms with Crippen molar-refractivity contribution in [3.8, 4) is 17.2 Å². The summed E-state index contributed by atoms with van der Waals surface area (Å²) in [5.74, 6) is 2.13. The molecular formula is C21H25NO4. The highest BCUT2D eigenvalue weighted by Gasteiger charge is 2.23. The lowest BCUT2D eigenvalue weighted by molar-refractivity contribution is -0.134. The molecule has 0 fully saturated rings. The van der Waals surface area contributed by atoms with Crippen LogP contribution in [0.5, 0.6) is 17.2 Å². The van der Waals surface area contributed by atoms with E-state index < -0.39 is 0 Å². The van der Waals surface area contributed by atoms with Gasteiger partial charge in [-0.25, -0.2) is 0 Å². The van der Waals surface area contributed by atoms with Gasteiger partial charge in [0.25, 0.3) is 5.91 Å². The van der Waals surface area contributed by atoms with E-state index in [4.69, 9.17) is 14.2 Å². The van der Waals surface area contributed by atoms with Crippen molar-refractivity contribution in [1.29, 1.82) is 0 Å². The molecule has 1 aliphatic rings. The lowest BCUT2D eigenvalue weighted by Crippen LogP contribution is -2.38. The third kappa shape index (κ3) is 3.93. The molecule has 0 saturated heterocycles. The molecule has 1 heterocycles. The summed E-state index contributed by atoms with van der Waals surface area (Å²) in [5, 5.41) is 0. The first kappa shape index (κ1) is 18.1. The maximum Gasteiger partial charge on any atom is 0.260 e. The molecule has 0 unspecified atom stereocenters. The molecule has 0 N–H and O–H groups in total. The Hall–Kier alpha value is -2.69. The Bertz CT molecular complexity index is 770. The van der Waals surface area contributed by atoms with Crippen LogP contribution in [0.2, 0.25) is 0 Å². The van der Waals surface area contributed by atoms with Crippen LogP contribution in [0, 0.1) is 0 Å². The topological polar surface area (TPSA) is 48.0 Å². The van der Waals surface area contributed by atoms with Gasteiger partial charge < -0.3 is 19.1 Å². The Morgan fingerprint density at radius 2 is 1.69 bits per heavy atom. The number of carbonyl (C=O) groups excluding carboxylic acids is 1. The number of nitrogens with zero attached hydrogens (tertiary/aromatic N) is 1. The van der Waals surface area contributed by atoms with Crippen LogP contribution < -0.4 is 14.2 Å². The first-order valence-corrected chi connectivity index (χ1v) is 8.88. The Morgan fingerprint density at radius 3 is 2.31 bits per heavy atom. The molecule has 0 aliphatic carbocycles. The van der Waals surface area contributed by atoms with E-state index >= 15 is 0 Å². The lowest BCUT2D eigenvalue weighted by atomic mass is 9.99. The molecule has 1 amide bonds. The van der Waals surface area contributed by atoms with E-state index in [1.54, 1.807) is 14.2 Å². The second-order valence-corrected chi connectivity index (χ2v) is 6.33. The van der Waals surface area contributed by atoms with Gasteiger partial charge in [0.1, 0.15) is 5.75 Å². The van der Waals surface area contributed by atoms with Crippen molar-refractivity contribution in [3.05, 3.63) is 53.1 Å². The van der Waals surface area contributed by atoms with Crippen LogP contribution in [-0.2, 0) is 24.2 Å². The highest BCUT2D eigenvalue weighted by Crippen LogP contribution is 2.33. The Labute approximate surface area is 154 Å². The predicted molar refractivity (Wildman–Crippen MR) is 100.0 cm³/mol. The highest BCUT2D eigenvalue weighted by molar-refractivity contribution is 5.78. The molecule has 138 valence electrons. The molecule has 0 atom stereocenters. The van der Waals surface area contributed by atoms with Gasteiger partial charge in [0, 0.05) is 13.1 Å². The van der Waals surface area contributed by atoms with Gasteiger partial charge >= 0.3 is 0 Å². The molecule has 2 aromatic carbocycles.